The third-order valence-electron chi connectivity index (χ3n) is 3.54. The maximum Gasteiger partial charge on any atom is 0.228 e. The molecule has 1 heterocycles. The Morgan fingerprint density at radius 2 is 1.95 bits per heavy atom. The average molecular weight is 295 g/mol. The molecule has 4 heteroatoms. The van der Waals surface area contributed by atoms with Crippen LogP contribution in [-0.4, -0.2) is 13.0 Å². The van der Waals surface area contributed by atoms with Crippen LogP contribution in [0.4, 0.5) is 5.69 Å². The number of rotatable bonds is 4. The first-order chi connectivity index (χ1) is 10.7. The zero-order valence-corrected chi connectivity index (χ0v) is 12.6. The van der Waals surface area contributed by atoms with Crippen LogP contribution in [-0.2, 0) is 11.2 Å². The number of carbonyl (C=O) groups excluding carboxylic acids is 1. The standard InChI is InChI=1S/C18H17NO3/c1-12-3-8-16-13(11-22-17(16)9-12)10-18(20)19-14-4-6-15(21-2)7-5-14/h3-9,11H,10H2,1-2H3,(H,19,20). The van der Waals surface area contributed by atoms with Gasteiger partial charge in [0.15, 0.2) is 0 Å². The van der Waals surface area contributed by atoms with E-state index in [-0.39, 0.29) is 12.3 Å². The van der Waals surface area contributed by atoms with Crippen molar-refractivity contribution in [1.29, 1.82) is 0 Å². The minimum atomic E-state index is -0.0755. The lowest BCUT2D eigenvalue weighted by atomic mass is 10.1. The van der Waals surface area contributed by atoms with Crippen molar-refractivity contribution >= 4 is 22.6 Å². The number of nitrogens with one attached hydrogen (secondary N) is 1. The summed E-state index contributed by atoms with van der Waals surface area (Å²) < 4.78 is 10.6. The summed E-state index contributed by atoms with van der Waals surface area (Å²) in [5.41, 5.74) is 3.58. The number of methoxy groups -OCH3 is 1. The number of ether oxygens (including phenoxy) is 1. The largest absolute Gasteiger partial charge is 0.497 e. The molecule has 3 rings (SSSR count). The van der Waals surface area contributed by atoms with Gasteiger partial charge in [0.1, 0.15) is 11.3 Å². The number of anilines is 1. The van der Waals surface area contributed by atoms with Gasteiger partial charge in [0.2, 0.25) is 5.91 Å². The van der Waals surface area contributed by atoms with Crippen molar-refractivity contribution in [3.8, 4) is 5.75 Å². The number of hydrogen-bond donors (Lipinski definition) is 1. The van der Waals surface area contributed by atoms with Crippen LogP contribution in [0, 0.1) is 6.92 Å². The molecule has 22 heavy (non-hydrogen) atoms. The fourth-order valence-electron chi connectivity index (χ4n) is 2.38. The summed E-state index contributed by atoms with van der Waals surface area (Å²) in [5, 5.41) is 3.85. The van der Waals surface area contributed by atoms with E-state index in [9.17, 15) is 4.79 Å². The van der Waals surface area contributed by atoms with E-state index in [0.29, 0.717) is 0 Å². The van der Waals surface area contributed by atoms with Crippen molar-refractivity contribution in [2.24, 2.45) is 0 Å². The Hall–Kier alpha value is -2.75. The zero-order chi connectivity index (χ0) is 15.5. The zero-order valence-electron chi connectivity index (χ0n) is 12.6. The fourth-order valence-corrected chi connectivity index (χ4v) is 2.38. The smallest absolute Gasteiger partial charge is 0.228 e. The first kappa shape index (κ1) is 14.2. The van der Waals surface area contributed by atoms with Crippen LogP contribution < -0.4 is 10.1 Å². The van der Waals surface area contributed by atoms with Gasteiger partial charge in [0, 0.05) is 16.6 Å². The number of hydrogen-bond acceptors (Lipinski definition) is 3. The van der Waals surface area contributed by atoms with Crippen LogP contribution >= 0.6 is 0 Å². The Balaban J connectivity index is 1.72. The predicted octanol–water partition coefficient (Wildman–Crippen LogP) is 3.93. The van der Waals surface area contributed by atoms with E-state index in [1.54, 1.807) is 13.4 Å². The Bertz CT molecular complexity index is 803. The first-order valence-corrected chi connectivity index (χ1v) is 7.06. The summed E-state index contributed by atoms with van der Waals surface area (Å²) in [6.07, 6.45) is 1.93. The molecule has 0 aliphatic carbocycles. The van der Waals surface area contributed by atoms with Crippen LogP contribution in [0.2, 0.25) is 0 Å². The molecule has 0 bridgehead atoms. The van der Waals surface area contributed by atoms with Crippen LogP contribution in [0.15, 0.2) is 53.1 Å². The second-order valence-corrected chi connectivity index (χ2v) is 5.21. The monoisotopic (exact) mass is 295 g/mol. The molecule has 0 fully saturated rings. The highest BCUT2D eigenvalue weighted by atomic mass is 16.5. The van der Waals surface area contributed by atoms with Gasteiger partial charge < -0.3 is 14.5 Å². The first-order valence-electron chi connectivity index (χ1n) is 7.06. The second kappa shape index (κ2) is 5.93. The molecule has 0 radical (unpaired) electrons. The van der Waals surface area contributed by atoms with Crippen molar-refractivity contribution in [3.63, 3.8) is 0 Å². The maximum atomic E-state index is 12.2. The molecular formula is C18H17NO3. The molecule has 1 aromatic heterocycles. The van der Waals surface area contributed by atoms with Crippen molar-refractivity contribution < 1.29 is 13.9 Å². The van der Waals surface area contributed by atoms with E-state index in [0.717, 1.165) is 33.5 Å². The van der Waals surface area contributed by atoms with Crippen molar-refractivity contribution in [2.75, 3.05) is 12.4 Å². The molecule has 1 amide bonds. The van der Waals surface area contributed by atoms with Gasteiger partial charge in [0.05, 0.1) is 19.8 Å². The minimum absolute atomic E-state index is 0.0755. The van der Waals surface area contributed by atoms with E-state index in [1.165, 1.54) is 0 Å². The van der Waals surface area contributed by atoms with Crippen LogP contribution in [0.1, 0.15) is 11.1 Å². The lowest BCUT2D eigenvalue weighted by molar-refractivity contribution is -0.115. The molecule has 3 aromatic rings. The fraction of sp³-hybridized carbons (Fsp3) is 0.167. The topological polar surface area (TPSA) is 51.5 Å². The molecule has 0 spiro atoms. The van der Waals surface area contributed by atoms with Crippen LogP contribution in [0.5, 0.6) is 5.75 Å². The number of amides is 1. The van der Waals surface area contributed by atoms with Crippen LogP contribution in [0.3, 0.4) is 0 Å². The summed E-state index contributed by atoms with van der Waals surface area (Å²) in [6, 6.07) is 13.2. The minimum Gasteiger partial charge on any atom is -0.497 e. The molecule has 0 saturated heterocycles. The van der Waals surface area contributed by atoms with Gasteiger partial charge in [-0.1, -0.05) is 12.1 Å². The number of benzene rings is 2. The molecule has 112 valence electrons. The molecule has 4 nitrogen and oxygen atoms in total. The van der Waals surface area contributed by atoms with E-state index in [1.807, 2.05) is 49.4 Å². The van der Waals surface area contributed by atoms with Gasteiger partial charge in [-0.15, -0.1) is 0 Å². The van der Waals surface area contributed by atoms with Gasteiger partial charge in [0.25, 0.3) is 0 Å². The van der Waals surface area contributed by atoms with E-state index >= 15 is 0 Å². The number of fused-ring (bicyclic) bond motifs is 1. The molecular weight excluding hydrogens is 278 g/mol. The highest BCUT2D eigenvalue weighted by Crippen LogP contribution is 2.23. The molecule has 0 unspecified atom stereocenters. The van der Waals surface area contributed by atoms with Gasteiger partial charge in [-0.3, -0.25) is 4.79 Å². The number of carbonyl (C=O) groups is 1. The maximum absolute atomic E-state index is 12.2. The molecule has 1 N–H and O–H groups in total. The van der Waals surface area contributed by atoms with Crippen LogP contribution in [0.25, 0.3) is 11.0 Å². The Labute approximate surface area is 128 Å². The summed E-state index contributed by atoms with van der Waals surface area (Å²) >= 11 is 0. The highest BCUT2D eigenvalue weighted by molar-refractivity contribution is 5.95. The van der Waals surface area contributed by atoms with E-state index < -0.39 is 0 Å². The Morgan fingerprint density at radius 3 is 2.68 bits per heavy atom. The lowest BCUT2D eigenvalue weighted by Gasteiger charge is -2.05. The second-order valence-electron chi connectivity index (χ2n) is 5.21. The van der Waals surface area contributed by atoms with Crippen molar-refractivity contribution in [1.82, 2.24) is 0 Å². The SMILES string of the molecule is COc1ccc(NC(=O)Cc2coc3cc(C)ccc23)cc1. The molecule has 0 atom stereocenters. The third-order valence-corrected chi connectivity index (χ3v) is 3.54. The summed E-state index contributed by atoms with van der Waals surface area (Å²) in [4.78, 5) is 12.2. The summed E-state index contributed by atoms with van der Waals surface area (Å²) in [7, 11) is 1.61. The normalized spacial score (nSPS) is 10.6. The summed E-state index contributed by atoms with van der Waals surface area (Å²) in [6.45, 7) is 2.01. The molecule has 2 aromatic carbocycles. The number of furan rings is 1. The van der Waals surface area contributed by atoms with Gasteiger partial charge in [-0.05, 0) is 42.8 Å². The molecule has 0 saturated carbocycles. The third kappa shape index (κ3) is 2.96. The van der Waals surface area contributed by atoms with Gasteiger partial charge >= 0.3 is 0 Å². The lowest BCUT2D eigenvalue weighted by Crippen LogP contribution is -2.14. The highest BCUT2D eigenvalue weighted by Gasteiger charge is 2.10. The number of aryl methyl sites for hydroxylation is 1. The molecule has 0 aliphatic heterocycles. The molecule has 0 aliphatic rings. The Kier molecular flexibility index (Phi) is 3.83. The summed E-state index contributed by atoms with van der Waals surface area (Å²) in [5.74, 6) is 0.683. The average Bonchev–Trinajstić information content (AvgIpc) is 2.90. The van der Waals surface area contributed by atoms with E-state index in [4.69, 9.17) is 9.15 Å². The predicted molar refractivity (Wildman–Crippen MR) is 86.3 cm³/mol. The van der Waals surface area contributed by atoms with Gasteiger partial charge in [-0.25, -0.2) is 0 Å². The van der Waals surface area contributed by atoms with Crippen molar-refractivity contribution in [2.45, 2.75) is 13.3 Å². The van der Waals surface area contributed by atoms with E-state index in [2.05, 4.69) is 5.32 Å². The van der Waals surface area contributed by atoms with Crippen molar-refractivity contribution in [3.05, 3.63) is 59.9 Å². The van der Waals surface area contributed by atoms with Gasteiger partial charge in [-0.2, -0.15) is 0 Å². The Morgan fingerprint density at radius 1 is 1.18 bits per heavy atom. The quantitative estimate of drug-likeness (QED) is 0.793.